The van der Waals surface area contributed by atoms with E-state index < -0.39 is 88.8 Å². The van der Waals surface area contributed by atoms with Crippen molar-refractivity contribution in [3.63, 3.8) is 0 Å². The van der Waals surface area contributed by atoms with Crippen molar-refractivity contribution in [2.45, 2.75) is 105 Å². The minimum absolute atomic E-state index is 0.0559. The highest BCUT2D eigenvalue weighted by molar-refractivity contribution is 6.24. The summed E-state index contributed by atoms with van der Waals surface area (Å²) in [7, 11) is 3.42. The number of likely N-dealkylation sites (N-methyl/N-ethyl adjacent to an activating group) is 1. The van der Waals surface area contributed by atoms with Crippen molar-refractivity contribution in [1.29, 1.82) is 0 Å². The number of piperazine rings is 1. The molecule has 0 aromatic heterocycles. The maximum atomic E-state index is 14.4. The van der Waals surface area contributed by atoms with Gasteiger partial charge in [0.1, 0.15) is 23.4 Å². The van der Waals surface area contributed by atoms with Crippen LogP contribution in [0.5, 0.6) is 34.5 Å². The van der Waals surface area contributed by atoms with E-state index in [1.165, 1.54) is 65.9 Å². The van der Waals surface area contributed by atoms with E-state index in [2.05, 4.69) is 15.3 Å². The van der Waals surface area contributed by atoms with Crippen LogP contribution in [0.25, 0.3) is 16.8 Å². The Morgan fingerprint density at radius 2 is 1.55 bits per heavy atom. The van der Waals surface area contributed by atoms with E-state index in [1.54, 1.807) is 57.0 Å². The Kier molecular flexibility index (Phi) is 19.8. The largest absolute Gasteiger partial charge is 0.507 e. The Morgan fingerprint density at radius 1 is 0.850 bits per heavy atom. The minimum atomic E-state index is -2.04. The number of carbonyl (C=O) groups is 4. The second-order valence-electron chi connectivity index (χ2n) is 21.3. The number of amides is 2. The zero-order valence-corrected chi connectivity index (χ0v) is 47.3. The van der Waals surface area contributed by atoms with Crippen molar-refractivity contribution in [2.75, 3.05) is 65.5 Å². The van der Waals surface area contributed by atoms with Crippen LogP contribution in [0.15, 0.2) is 77.7 Å². The first-order chi connectivity index (χ1) is 38.1. The molecule has 0 saturated carbocycles. The summed E-state index contributed by atoms with van der Waals surface area (Å²) in [6.45, 7) is 17.1. The number of fused-ring (bicyclic) bond motifs is 15. The molecule has 0 radical (unpaired) electrons. The van der Waals surface area contributed by atoms with Crippen LogP contribution in [0.1, 0.15) is 94.8 Å². The van der Waals surface area contributed by atoms with Crippen LogP contribution < -0.4 is 19.5 Å². The van der Waals surface area contributed by atoms with Gasteiger partial charge in [-0.2, -0.15) is 5.10 Å². The molecular formula is C60H77N5O15. The number of benzene rings is 3. The van der Waals surface area contributed by atoms with Crippen molar-refractivity contribution in [3.8, 4) is 34.5 Å². The van der Waals surface area contributed by atoms with Crippen molar-refractivity contribution in [3.05, 3.63) is 94.8 Å². The number of phenolic OH excluding ortho intramolecular Hbond substituents is 3. The summed E-state index contributed by atoms with van der Waals surface area (Å²) in [6.07, 6.45) is 15.6. The zero-order chi connectivity index (χ0) is 58.2. The molecule has 6 aliphatic rings. The Morgan fingerprint density at radius 3 is 2.24 bits per heavy atom. The number of aromatic hydroxyl groups is 3. The van der Waals surface area contributed by atoms with Gasteiger partial charge in [0.2, 0.25) is 12.7 Å². The molecule has 20 heteroatoms. The molecule has 3 aromatic rings. The lowest BCUT2D eigenvalue weighted by Crippen LogP contribution is -2.46. The summed E-state index contributed by atoms with van der Waals surface area (Å²) in [6, 6.07) is 5.79. The highest BCUT2D eigenvalue weighted by atomic mass is 16.7. The number of phenols is 3. The molecule has 0 unspecified atom stereocenters. The summed E-state index contributed by atoms with van der Waals surface area (Å²) < 4.78 is 34.2. The van der Waals surface area contributed by atoms with Gasteiger partial charge in [-0.1, -0.05) is 70.2 Å². The van der Waals surface area contributed by atoms with E-state index >= 15 is 0 Å². The van der Waals surface area contributed by atoms with E-state index in [-0.39, 0.29) is 57.2 Å². The molecule has 3 aromatic carbocycles. The average Bonchev–Trinajstić information content (AvgIpc) is 4.23. The summed E-state index contributed by atoms with van der Waals surface area (Å²) in [5, 5.41) is 66.8. The molecule has 20 nitrogen and oxygen atoms in total. The molecule has 5 bridgehead atoms. The Balaban J connectivity index is 0.000000364. The first-order valence-corrected chi connectivity index (χ1v) is 27.1. The number of aliphatic hydroxyl groups is 2. The molecule has 80 heavy (non-hydrogen) atoms. The number of ether oxygens (including phenoxy) is 6. The van der Waals surface area contributed by atoms with Crippen LogP contribution >= 0.6 is 0 Å². The van der Waals surface area contributed by atoms with E-state index in [0.717, 1.165) is 56.1 Å². The predicted octanol–water partition coefficient (Wildman–Crippen LogP) is 7.33. The molecule has 9 rings (SSSR count). The smallest absolute Gasteiger partial charge is 0.312 e. The van der Waals surface area contributed by atoms with Crippen LogP contribution in [0.2, 0.25) is 0 Å². The number of methoxy groups -OCH3 is 1. The third-order valence-electron chi connectivity index (χ3n) is 15.6. The van der Waals surface area contributed by atoms with Gasteiger partial charge in [0, 0.05) is 106 Å². The zero-order valence-electron chi connectivity index (χ0n) is 47.3. The number of hydrazone groups is 1. The molecule has 2 fully saturated rings. The molecule has 432 valence electrons. The van der Waals surface area contributed by atoms with Crippen LogP contribution in [-0.2, 0) is 28.6 Å². The monoisotopic (exact) mass is 1110 g/mol. The molecule has 6 heterocycles. The molecule has 6 aliphatic heterocycles. The topological polar surface area (TPSA) is 259 Å². The number of rotatable bonds is 7. The lowest BCUT2D eigenvalue weighted by molar-refractivity contribution is -0.160. The van der Waals surface area contributed by atoms with Gasteiger partial charge < -0.3 is 69.1 Å². The molecule has 2 saturated heterocycles. The summed E-state index contributed by atoms with van der Waals surface area (Å²) in [5.74, 6) is -6.69. The number of anilines is 1. The molecule has 6 N–H and O–H groups in total. The van der Waals surface area contributed by atoms with Gasteiger partial charge in [-0.3, -0.25) is 24.2 Å². The predicted molar refractivity (Wildman–Crippen MR) is 302 cm³/mol. The second kappa shape index (κ2) is 26.3. The SMILES string of the molecule is CO[C@H]1/C=C/O[C@@]2(C)Oc3c(C)c(O)c4c(O)c(c(/C=N/N5CCN(C)CC5)c(O)c4c3C2=O)NC(=O)/C(C)=C\C=C\[C@H](C)[C@H](O)[C@@H](C)[C@@H](O)[C@@H](C)[C@H](OC(C)=O)[C@@H]1C.O=C(/C=C/C=C/c1ccc2c(c1)OCO2)N1CCCCC1. The second-order valence-corrected chi connectivity index (χ2v) is 21.3. The van der Waals surface area contributed by atoms with Crippen molar-refractivity contribution in [2.24, 2.45) is 28.8 Å². The first-order valence-electron chi connectivity index (χ1n) is 27.1. The fourth-order valence-corrected chi connectivity index (χ4v) is 10.5. The van der Waals surface area contributed by atoms with Gasteiger partial charge >= 0.3 is 11.8 Å². The van der Waals surface area contributed by atoms with Crippen molar-refractivity contribution >= 4 is 52.3 Å². The lowest BCUT2D eigenvalue weighted by Gasteiger charge is -2.38. The quantitative estimate of drug-likeness (QED) is 0.0338. The van der Waals surface area contributed by atoms with Gasteiger partial charge in [0.15, 0.2) is 17.2 Å². The fourth-order valence-electron chi connectivity index (χ4n) is 10.5. The lowest BCUT2D eigenvalue weighted by atomic mass is 9.78. The van der Waals surface area contributed by atoms with E-state index in [9.17, 15) is 44.7 Å². The highest BCUT2D eigenvalue weighted by Crippen LogP contribution is 2.55. The maximum Gasteiger partial charge on any atom is 0.312 e. The number of aliphatic hydroxyl groups excluding tert-OH is 2. The van der Waals surface area contributed by atoms with Gasteiger partial charge in [-0.05, 0) is 63.9 Å². The number of allylic oxidation sites excluding steroid dienone is 4. The number of Topliss-reactive ketones (excluding diaryl/α,β-unsaturated/α-hetero) is 1. The number of nitrogens with zero attached hydrogens (tertiary/aromatic N) is 4. The third kappa shape index (κ3) is 13.4. The first kappa shape index (κ1) is 60.3. The molecule has 9 atom stereocenters. The fraction of sp³-hybridized carbons (Fsp3) is 0.483. The number of nitrogens with one attached hydrogen (secondary N) is 1. The number of piperidine rings is 1. The van der Waals surface area contributed by atoms with E-state index in [1.807, 2.05) is 42.3 Å². The Bertz CT molecular complexity index is 2970. The van der Waals surface area contributed by atoms with E-state index in [4.69, 9.17) is 28.4 Å². The number of carbonyl (C=O) groups excluding carboxylic acids is 4. The van der Waals surface area contributed by atoms with Gasteiger partial charge in [-0.25, -0.2) is 0 Å². The summed E-state index contributed by atoms with van der Waals surface area (Å²) >= 11 is 0. The summed E-state index contributed by atoms with van der Waals surface area (Å²) in [4.78, 5) is 56.5. The van der Waals surface area contributed by atoms with E-state index in [0.29, 0.717) is 13.1 Å². The Hall–Kier alpha value is -7.39. The minimum Gasteiger partial charge on any atom is -0.507 e. The molecule has 2 amide bonds. The van der Waals surface area contributed by atoms with Crippen LogP contribution in [0.3, 0.4) is 0 Å². The normalized spacial score (nSPS) is 28.3. The summed E-state index contributed by atoms with van der Waals surface area (Å²) in [5.41, 5.74) is 0.672. The number of ketones is 1. The average molecular weight is 1110 g/mol. The number of likely N-dealkylation sites (tertiary alicyclic amines) is 1. The molecule has 0 spiro atoms. The van der Waals surface area contributed by atoms with Crippen LogP contribution in [0.4, 0.5) is 5.69 Å². The standard InChI is InChI=1S/C43H58N4O12.C17H19NO3/c1-21-12-11-13-22(2)42(55)45-33-28(20-44-47-17-15-46(9)16-18-47)37(52)30-31(38(33)53)36(51)26(6)40-32(30)41(54)43(8,59-40)57-19-14-29(56-10)23(3)39(58-27(7)48)25(5)35(50)24(4)34(21)49;19-17(18-10-4-1-5-11-18)7-3-2-6-14-8-9-15-16(12-14)21-13-20-15/h11-14,19-21,23-25,29,34-35,39,49-53H,15-18H2,1-10H3,(H,45,55);2-3,6-9,12H,1,4-5,10-11,13H2/b12-11+,19-14+,22-13-,44-20+;6-2+,7-3+/t21-,23+,24+,25+,29-,34-,35+,39+,43-;/m0./s1. The van der Waals surface area contributed by atoms with Gasteiger partial charge in [0.25, 0.3) is 11.7 Å². The van der Waals surface area contributed by atoms with Crippen molar-refractivity contribution < 1.29 is 73.1 Å². The van der Waals surface area contributed by atoms with Crippen LogP contribution in [0, 0.1) is 30.6 Å². The van der Waals surface area contributed by atoms with Gasteiger partial charge in [0.05, 0.1) is 53.0 Å². The number of esters is 1. The number of hydrogen-bond acceptors (Lipinski definition) is 18. The third-order valence-corrected chi connectivity index (χ3v) is 15.6. The molecular weight excluding hydrogens is 1030 g/mol. The number of hydrogen-bond donors (Lipinski definition) is 6. The Labute approximate surface area is 467 Å². The van der Waals surface area contributed by atoms with Crippen LogP contribution in [-0.4, -0.2) is 161 Å². The van der Waals surface area contributed by atoms with Gasteiger partial charge in [-0.15, -0.1) is 0 Å². The van der Waals surface area contributed by atoms with Crippen molar-refractivity contribution in [1.82, 2.24) is 14.8 Å². The maximum absolute atomic E-state index is 14.4. The molecule has 0 aliphatic carbocycles. The highest BCUT2D eigenvalue weighted by Gasteiger charge is 2.50.